The van der Waals surface area contributed by atoms with Crippen molar-refractivity contribution < 1.29 is 4.57 Å². The number of aromatic nitrogens is 1. The Morgan fingerprint density at radius 2 is 1.11 bits per heavy atom. The van der Waals surface area contributed by atoms with E-state index in [2.05, 4.69) is 104 Å². The van der Waals surface area contributed by atoms with Gasteiger partial charge in [-0.1, -0.05) is 93.1 Å². The zero-order valence-electron chi connectivity index (χ0n) is 23.1. The lowest BCUT2D eigenvalue weighted by Crippen LogP contribution is -2.44. The Hall–Kier alpha value is -3.19. The first-order valence-corrected chi connectivity index (χ1v) is 14.9. The molecule has 7 rings (SSSR count). The average Bonchev–Trinajstić information content (AvgIpc) is 2.98. The Morgan fingerprint density at radius 3 is 1.76 bits per heavy atom. The van der Waals surface area contributed by atoms with Gasteiger partial charge in [-0.3, -0.25) is 0 Å². The van der Waals surface area contributed by atoms with Crippen molar-refractivity contribution in [1.82, 2.24) is 0 Å². The van der Waals surface area contributed by atoms with Crippen LogP contribution in [0.4, 0.5) is 0 Å². The molecule has 192 valence electrons. The molecule has 38 heavy (non-hydrogen) atoms. The van der Waals surface area contributed by atoms with Crippen molar-refractivity contribution in [1.29, 1.82) is 0 Å². The molecule has 3 aromatic carbocycles. The van der Waals surface area contributed by atoms with Crippen molar-refractivity contribution in [2.45, 2.75) is 82.0 Å². The highest BCUT2D eigenvalue weighted by Crippen LogP contribution is 2.59. The summed E-state index contributed by atoms with van der Waals surface area (Å²) in [4.78, 5) is 0. The molecular formula is C37H40N+. The first-order valence-electron chi connectivity index (χ1n) is 14.9. The highest BCUT2D eigenvalue weighted by molar-refractivity contribution is 5.73. The van der Waals surface area contributed by atoms with Crippen molar-refractivity contribution >= 4 is 0 Å². The van der Waals surface area contributed by atoms with Gasteiger partial charge in [0, 0.05) is 28.5 Å². The Morgan fingerprint density at radius 1 is 0.553 bits per heavy atom. The predicted molar refractivity (Wildman–Crippen MR) is 157 cm³/mol. The van der Waals surface area contributed by atoms with Gasteiger partial charge in [-0.15, -0.1) is 0 Å². The van der Waals surface area contributed by atoms with E-state index in [0.29, 0.717) is 0 Å². The molecule has 0 radical (unpaired) electrons. The molecule has 1 heterocycles. The molecule has 0 atom stereocenters. The van der Waals surface area contributed by atoms with Crippen LogP contribution >= 0.6 is 0 Å². The number of fused-ring (bicyclic) bond motifs is 6. The highest BCUT2D eigenvalue weighted by atomic mass is 14.9. The summed E-state index contributed by atoms with van der Waals surface area (Å²) in [6.45, 7) is 2.22. The minimum Gasteiger partial charge on any atom is -0.201 e. The molecule has 1 heteroatoms. The van der Waals surface area contributed by atoms with Crippen LogP contribution in [0, 0.1) is 6.92 Å². The average molecular weight is 499 g/mol. The van der Waals surface area contributed by atoms with Gasteiger partial charge in [0.05, 0.1) is 0 Å². The van der Waals surface area contributed by atoms with Crippen LogP contribution in [0.2, 0.25) is 0 Å². The molecule has 0 unspecified atom stereocenters. The quantitative estimate of drug-likeness (QED) is 0.243. The molecule has 1 nitrogen and oxygen atoms in total. The van der Waals surface area contributed by atoms with E-state index in [9.17, 15) is 0 Å². The molecule has 0 bridgehead atoms. The number of nitrogens with zero attached hydrogens (tertiary/aromatic N) is 1. The van der Waals surface area contributed by atoms with E-state index in [1.807, 2.05) is 0 Å². The van der Waals surface area contributed by atoms with E-state index < -0.39 is 0 Å². The van der Waals surface area contributed by atoms with E-state index in [1.165, 1.54) is 92.2 Å². The van der Waals surface area contributed by atoms with Gasteiger partial charge >= 0.3 is 0 Å². The molecule has 1 aromatic heterocycles. The fourth-order valence-electron chi connectivity index (χ4n) is 8.41. The van der Waals surface area contributed by atoms with Crippen molar-refractivity contribution in [2.75, 3.05) is 0 Å². The maximum Gasteiger partial charge on any atom is 0.213 e. The third-order valence-electron chi connectivity index (χ3n) is 10.3. The number of hydrogen-bond acceptors (Lipinski definition) is 0. The molecule has 3 aliphatic rings. The summed E-state index contributed by atoms with van der Waals surface area (Å²) in [6, 6.07) is 30.7. The van der Waals surface area contributed by atoms with E-state index in [4.69, 9.17) is 0 Å². The molecule has 0 saturated heterocycles. The number of hydrogen-bond donors (Lipinski definition) is 0. The molecule has 2 saturated carbocycles. The second-order valence-electron chi connectivity index (χ2n) is 12.3. The minimum atomic E-state index is 0.168. The lowest BCUT2D eigenvalue weighted by molar-refractivity contribution is -0.660. The summed E-state index contributed by atoms with van der Waals surface area (Å²) < 4.78 is 2.26. The molecule has 3 aliphatic carbocycles. The number of benzene rings is 3. The summed E-state index contributed by atoms with van der Waals surface area (Å²) in [7, 11) is 2.17. The lowest BCUT2D eigenvalue weighted by atomic mass is 9.51. The standard InChI is InChI=1S/C37H40N/c1-27-13-5-6-14-30(27)35-26-29(19-24-38(35)2)28-17-18-33-34(25-28)37(22-11-4-12-23-37)32-16-8-7-15-31(32)36(33)20-9-3-10-21-36/h5-8,13-19,24-26H,3-4,9-12,20-23H2,1-2H3/q+1. The third-order valence-corrected chi connectivity index (χ3v) is 10.3. The Balaban J connectivity index is 1.44. The van der Waals surface area contributed by atoms with Gasteiger partial charge in [-0.2, -0.15) is 0 Å². The van der Waals surface area contributed by atoms with Gasteiger partial charge in [0.2, 0.25) is 5.69 Å². The maximum atomic E-state index is 2.63. The zero-order chi connectivity index (χ0) is 25.7. The molecule has 2 fully saturated rings. The number of aryl methyl sites for hydroxylation is 2. The van der Waals surface area contributed by atoms with E-state index in [-0.39, 0.29) is 10.8 Å². The van der Waals surface area contributed by atoms with Gasteiger partial charge in [0.1, 0.15) is 7.05 Å². The van der Waals surface area contributed by atoms with Gasteiger partial charge in [-0.05, 0) is 83.7 Å². The Bertz CT molecular complexity index is 1500. The van der Waals surface area contributed by atoms with Crippen LogP contribution in [-0.2, 0) is 17.9 Å². The number of pyridine rings is 1. The Kier molecular flexibility index (Phi) is 5.80. The maximum absolute atomic E-state index is 2.63. The molecule has 4 aromatic rings. The second-order valence-corrected chi connectivity index (χ2v) is 12.3. The van der Waals surface area contributed by atoms with E-state index in [0.717, 1.165) is 0 Å². The van der Waals surface area contributed by atoms with Crippen molar-refractivity contribution in [2.24, 2.45) is 7.05 Å². The van der Waals surface area contributed by atoms with Crippen LogP contribution in [0.5, 0.6) is 0 Å². The zero-order valence-corrected chi connectivity index (χ0v) is 23.1. The fraction of sp³-hybridized carbons (Fsp3) is 0.378. The van der Waals surface area contributed by atoms with Gasteiger partial charge in [0.15, 0.2) is 6.20 Å². The summed E-state index contributed by atoms with van der Waals surface area (Å²) >= 11 is 0. The molecule has 0 aliphatic heterocycles. The Labute approximate surface area is 228 Å². The van der Waals surface area contributed by atoms with Crippen molar-refractivity contribution in [3.05, 3.63) is 113 Å². The molecule has 0 N–H and O–H groups in total. The van der Waals surface area contributed by atoms with Gasteiger partial charge < -0.3 is 0 Å². The van der Waals surface area contributed by atoms with Crippen LogP contribution in [-0.4, -0.2) is 0 Å². The molecular weight excluding hydrogens is 458 g/mol. The van der Waals surface area contributed by atoms with Crippen LogP contribution in [0.15, 0.2) is 85.1 Å². The summed E-state index contributed by atoms with van der Waals surface area (Å²) in [6.07, 6.45) is 15.5. The fourth-order valence-corrected chi connectivity index (χ4v) is 8.41. The summed E-state index contributed by atoms with van der Waals surface area (Å²) in [5.74, 6) is 0. The first-order chi connectivity index (χ1) is 18.6. The van der Waals surface area contributed by atoms with Crippen molar-refractivity contribution in [3.63, 3.8) is 0 Å². The SMILES string of the molecule is Cc1ccccc1-c1cc(-c2ccc3c(c2)C2(CCCCC2)c2ccccc2C32CCCCC2)cc[n+]1C. The summed E-state index contributed by atoms with van der Waals surface area (Å²) in [5.41, 5.74) is 13.6. The third kappa shape index (κ3) is 3.54. The molecule has 0 amide bonds. The normalized spacial score (nSPS) is 19.2. The molecule has 2 spiro atoms. The van der Waals surface area contributed by atoms with Gasteiger partial charge in [0.25, 0.3) is 0 Å². The highest BCUT2D eigenvalue weighted by Gasteiger charge is 2.50. The minimum absolute atomic E-state index is 0.168. The summed E-state index contributed by atoms with van der Waals surface area (Å²) in [5, 5.41) is 0. The number of rotatable bonds is 2. The van der Waals surface area contributed by atoms with Crippen LogP contribution < -0.4 is 4.57 Å². The van der Waals surface area contributed by atoms with E-state index >= 15 is 0 Å². The lowest BCUT2D eigenvalue weighted by Gasteiger charge is -2.52. The smallest absolute Gasteiger partial charge is 0.201 e. The van der Waals surface area contributed by atoms with Crippen molar-refractivity contribution in [3.8, 4) is 22.4 Å². The van der Waals surface area contributed by atoms with E-state index in [1.54, 1.807) is 22.3 Å². The van der Waals surface area contributed by atoms with Gasteiger partial charge in [-0.25, -0.2) is 4.57 Å². The van der Waals surface area contributed by atoms with Crippen LogP contribution in [0.25, 0.3) is 22.4 Å². The van der Waals surface area contributed by atoms with Crippen LogP contribution in [0.3, 0.4) is 0 Å². The monoisotopic (exact) mass is 498 g/mol. The predicted octanol–water partition coefficient (Wildman–Crippen LogP) is 8.97. The largest absolute Gasteiger partial charge is 0.213 e. The first kappa shape index (κ1) is 23.9. The second kappa shape index (κ2) is 9.23. The topological polar surface area (TPSA) is 3.88 Å². The van der Waals surface area contributed by atoms with Crippen LogP contribution in [0.1, 0.15) is 92.0 Å².